The SMILES string of the molecule is CC(C)(C)C(=O)Nc1ccccc1C(CCl)c1ccccc1. The van der Waals surface area contributed by atoms with Gasteiger partial charge in [0.25, 0.3) is 0 Å². The smallest absolute Gasteiger partial charge is 0.229 e. The Kier molecular flexibility index (Phi) is 5.25. The van der Waals surface area contributed by atoms with Gasteiger partial charge in [0.2, 0.25) is 5.91 Å². The zero-order valence-corrected chi connectivity index (χ0v) is 14.0. The highest BCUT2D eigenvalue weighted by atomic mass is 35.5. The highest BCUT2D eigenvalue weighted by Crippen LogP contribution is 2.32. The summed E-state index contributed by atoms with van der Waals surface area (Å²) in [5.74, 6) is 0.521. The molecule has 116 valence electrons. The van der Waals surface area contributed by atoms with Gasteiger partial charge in [-0.3, -0.25) is 4.79 Å². The lowest BCUT2D eigenvalue weighted by Crippen LogP contribution is -2.28. The number of rotatable bonds is 4. The van der Waals surface area contributed by atoms with Crippen molar-refractivity contribution in [2.45, 2.75) is 26.7 Å². The molecule has 0 spiro atoms. The predicted octanol–water partition coefficient (Wildman–Crippen LogP) is 5.04. The van der Waals surface area contributed by atoms with Crippen molar-refractivity contribution < 1.29 is 4.79 Å². The summed E-state index contributed by atoms with van der Waals surface area (Å²) in [5.41, 5.74) is 2.59. The molecule has 22 heavy (non-hydrogen) atoms. The van der Waals surface area contributed by atoms with E-state index in [2.05, 4.69) is 17.4 Å². The van der Waals surface area contributed by atoms with Gasteiger partial charge >= 0.3 is 0 Å². The standard InChI is InChI=1S/C19H22ClNO/c1-19(2,3)18(22)21-17-12-8-7-11-15(17)16(13-20)14-9-5-4-6-10-14/h4-12,16H,13H2,1-3H3,(H,21,22). The number of amides is 1. The summed E-state index contributed by atoms with van der Waals surface area (Å²) < 4.78 is 0. The molecule has 1 unspecified atom stereocenters. The summed E-state index contributed by atoms with van der Waals surface area (Å²) in [6.07, 6.45) is 0. The van der Waals surface area contributed by atoms with Crippen LogP contribution in [0.4, 0.5) is 5.69 Å². The fraction of sp³-hybridized carbons (Fsp3) is 0.316. The molecule has 0 saturated carbocycles. The summed E-state index contributed by atoms with van der Waals surface area (Å²) >= 11 is 6.22. The lowest BCUT2D eigenvalue weighted by molar-refractivity contribution is -0.123. The number of halogens is 1. The minimum atomic E-state index is -0.434. The van der Waals surface area contributed by atoms with E-state index >= 15 is 0 Å². The van der Waals surface area contributed by atoms with Gasteiger partial charge in [-0.15, -0.1) is 11.6 Å². The molecule has 2 aromatic carbocycles. The Morgan fingerprint density at radius 1 is 1.05 bits per heavy atom. The van der Waals surface area contributed by atoms with E-state index in [1.807, 2.05) is 63.2 Å². The average molecular weight is 316 g/mol. The average Bonchev–Trinajstić information content (AvgIpc) is 2.50. The van der Waals surface area contributed by atoms with Crippen LogP contribution in [0.2, 0.25) is 0 Å². The van der Waals surface area contributed by atoms with E-state index in [-0.39, 0.29) is 11.8 Å². The molecule has 1 amide bonds. The predicted molar refractivity (Wildman–Crippen MR) is 93.5 cm³/mol. The number of hydrogen-bond donors (Lipinski definition) is 1. The molecule has 3 heteroatoms. The molecule has 0 aliphatic rings. The normalized spacial score (nSPS) is 12.7. The third kappa shape index (κ3) is 3.89. The first-order chi connectivity index (χ1) is 10.4. The van der Waals surface area contributed by atoms with Gasteiger partial charge in [-0.2, -0.15) is 0 Å². The van der Waals surface area contributed by atoms with Crippen molar-refractivity contribution in [2.24, 2.45) is 5.41 Å². The molecular weight excluding hydrogens is 294 g/mol. The van der Waals surface area contributed by atoms with Crippen LogP contribution in [-0.4, -0.2) is 11.8 Å². The first kappa shape index (κ1) is 16.6. The van der Waals surface area contributed by atoms with Gasteiger partial charge in [0.15, 0.2) is 0 Å². The van der Waals surface area contributed by atoms with Crippen molar-refractivity contribution in [3.63, 3.8) is 0 Å². The summed E-state index contributed by atoms with van der Waals surface area (Å²) in [5, 5.41) is 3.04. The quantitative estimate of drug-likeness (QED) is 0.787. The first-order valence-electron chi connectivity index (χ1n) is 7.45. The molecular formula is C19H22ClNO. The molecule has 0 radical (unpaired) electrons. The number of nitrogens with one attached hydrogen (secondary N) is 1. The first-order valence-corrected chi connectivity index (χ1v) is 7.98. The molecule has 0 saturated heterocycles. The molecule has 1 atom stereocenters. The Labute approximate surface area is 137 Å². The fourth-order valence-electron chi connectivity index (χ4n) is 2.26. The van der Waals surface area contributed by atoms with Gasteiger partial charge in [-0.1, -0.05) is 69.3 Å². The second-order valence-electron chi connectivity index (χ2n) is 6.41. The Balaban J connectivity index is 2.37. The zero-order valence-electron chi connectivity index (χ0n) is 13.3. The number of alkyl halides is 1. The lowest BCUT2D eigenvalue weighted by Gasteiger charge is -2.22. The van der Waals surface area contributed by atoms with Crippen LogP contribution in [0.3, 0.4) is 0 Å². The molecule has 0 aromatic heterocycles. The highest BCUT2D eigenvalue weighted by molar-refractivity contribution is 6.18. The molecule has 0 aliphatic heterocycles. The van der Waals surface area contributed by atoms with Gasteiger partial charge in [-0.05, 0) is 17.2 Å². The second kappa shape index (κ2) is 6.97. The van der Waals surface area contributed by atoms with E-state index in [1.54, 1.807) is 0 Å². The topological polar surface area (TPSA) is 29.1 Å². The number of carbonyl (C=O) groups is 1. The van der Waals surface area contributed by atoms with Crippen molar-refractivity contribution in [1.82, 2.24) is 0 Å². The maximum atomic E-state index is 12.3. The maximum Gasteiger partial charge on any atom is 0.229 e. The molecule has 0 bridgehead atoms. The van der Waals surface area contributed by atoms with Crippen molar-refractivity contribution in [2.75, 3.05) is 11.2 Å². The van der Waals surface area contributed by atoms with Gasteiger partial charge in [0.1, 0.15) is 0 Å². The van der Waals surface area contributed by atoms with E-state index in [9.17, 15) is 4.79 Å². The Bertz CT molecular complexity index is 631. The van der Waals surface area contributed by atoms with E-state index in [0.717, 1.165) is 16.8 Å². The van der Waals surface area contributed by atoms with Crippen LogP contribution in [0, 0.1) is 5.41 Å². The second-order valence-corrected chi connectivity index (χ2v) is 6.72. The van der Waals surface area contributed by atoms with Crippen LogP contribution >= 0.6 is 11.6 Å². The number of anilines is 1. The van der Waals surface area contributed by atoms with E-state index < -0.39 is 5.41 Å². The summed E-state index contributed by atoms with van der Waals surface area (Å²) in [6.45, 7) is 5.71. The number of para-hydroxylation sites is 1. The Morgan fingerprint density at radius 2 is 1.64 bits per heavy atom. The van der Waals surface area contributed by atoms with Gasteiger partial charge in [0, 0.05) is 22.9 Å². The van der Waals surface area contributed by atoms with Crippen molar-refractivity contribution in [3.05, 3.63) is 65.7 Å². The minimum absolute atomic E-state index is 0.00124. The van der Waals surface area contributed by atoms with Gasteiger partial charge in [-0.25, -0.2) is 0 Å². The third-order valence-corrected chi connectivity index (χ3v) is 3.93. The van der Waals surface area contributed by atoms with Crippen molar-refractivity contribution in [1.29, 1.82) is 0 Å². The molecule has 2 rings (SSSR count). The van der Waals surface area contributed by atoms with Crippen LogP contribution in [0.15, 0.2) is 54.6 Å². The van der Waals surface area contributed by atoms with E-state index in [4.69, 9.17) is 11.6 Å². The number of carbonyl (C=O) groups excluding carboxylic acids is 1. The third-order valence-electron chi connectivity index (χ3n) is 3.62. The molecule has 0 aliphatic carbocycles. The monoisotopic (exact) mass is 315 g/mol. The Hall–Kier alpha value is -1.80. The molecule has 2 aromatic rings. The summed E-state index contributed by atoms with van der Waals surface area (Å²) in [6, 6.07) is 18.0. The lowest BCUT2D eigenvalue weighted by atomic mass is 9.90. The zero-order chi connectivity index (χ0) is 16.2. The summed E-state index contributed by atoms with van der Waals surface area (Å²) in [7, 11) is 0. The molecule has 0 heterocycles. The van der Waals surface area contributed by atoms with Crippen LogP contribution in [0.25, 0.3) is 0 Å². The Morgan fingerprint density at radius 3 is 2.23 bits per heavy atom. The fourth-order valence-corrected chi connectivity index (χ4v) is 2.61. The van der Waals surface area contributed by atoms with Crippen LogP contribution < -0.4 is 5.32 Å². The minimum Gasteiger partial charge on any atom is -0.325 e. The maximum absolute atomic E-state index is 12.3. The van der Waals surface area contributed by atoms with Gasteiger partial charge < -0.3 is 5.32 Å². The molecule has 2 nitrogen and oxygen atoms in total. The number of benzene rings is 2. The van der Waals surface area contributed by atoms with Crippen LogP contribution in [0.5, 0.6) is 0 Å². The number of hydrogen-bond acceptors (Lipinski definition) is 1. The summed E-state index contributed by atoms with van der Waals surface area (Å²) in [4.78, 5) is 12.3. The molecule has 0 fully saturated rings. The van der Waals surface area contributed by atoms with Gasteiger partial charge in [0.05, 0.1) is 0 Å². The largest absolute Gasteiger partial charge is 0.325 e. The molecule has 1 N–H and O–H groups in total. The van der Waals surface area contributed by atoms with Crippen molar-refractivity contribution in [3.8, 4) is 0 Å². The van der Waals surface area contributed by atoms with Crippen molar-refractivity contribution >= 4 is 23.2 Å². The van der Waals surface area contributed by atoms with Crippen LogP contribution in [0.1, 0.15) is 37.8 Å². The van der Waals surface area contributed by atoms with E-state index in [1.165, 1.54) is 0 Å². The highest BCUT2D eigenvalue weighted by Gasteiger charge is 2.23. The van der Waals surface area contributed by atoms with E-state index in [0.29, 0.717) is 5.88 Å². The van der Waals surface area contributed by atoms with Crippen LogP contribution in [-0.2, 0) is 4.79 Å².